The number of amides is 1. The Morgan fingerprint density at radius 1 is 1.25 bits per heavy atom. The SMILES string of the molecule is CN(C(=O)c1cc(N)c(Cl)c(Cl)c1)c1cccc(F)c1. The van der Waals surface area contributed by atoms with Gasteiger partial charge in [0.05, 0.1) is 15.7 Å². The molecule has 0 aliphatic heterocycles. The van der Waals surface area contributed by atoms with Crippen LogP contribution in [0.4, 0.5) is 15.8 Å². The van der Waals surface area contributed by atoms with Gasteiger partial charge in [-0.2, -0.15) is 0 Å². The van der Waals surface area contributed by atoms with Gasteiger partial charge in [0.15, 0.2) is 0 Å². The summed E-state index contributed by atoms with van der Waals surface area (Å²) in [4.78, 5) is 13.6. The van der Waals surface area contributed by atoms with Gasteiger partial charge in [0.25, 0.3) is 5.91 Å². The first kappa shape index (κ1) is 14.6. The Balaban J connectivity index is 2.36. The van der Waals surface area contributed by atoms with Crippen molar-refractivity contribution in [3.63, 3.8) is 0 Å². The van der Waals surface area contributed by atoms with Crippen molar-refractivity contribution in [2.75, 3.05) is 17.7 Å². The summed E-state index contributed by atoms with van der Waals surface area (Å²) in [5.74, 6) is -0.781. The van der Waals surface area contributed by atoms with Crippen LogP contribution in [0.3, 0.4) is 0 Å². The fourth-order valence-corrected chi connectivity index (χ4v) is 2.07. The highest BCUT2D eigenvalue weighted by molar-refractivity contribution is 6.44. The van der Waals surface area contributed by atoms with Gasteiger partial charge in [0, 0.05) is 18.3 Å². The number of hydrogen-bond donors (Lipinski definition) is 1. The number of carbonyl (C=O) groups is 1. The van der Waals surface area contributed by atoms with Crippen LogP contribution in [0.2, 0.25) is 10.0 Å². The summed E-state index contributed by atoms with van der Waals surface area (Å²) >= 11 is 11.7. The van der Waals surface area contributed by atoms with E-state index in [0.717, 1.165) is 0 Å². The van der Waals surface area contributed by atoms with E-state index in [0.29, 0.717) is 5.69 Å². The van der Waals surface area contributed by atoms with E-state index >= 15 is 0 Å². The third-order valence-electron chi connectivity index (χ3n) is 2.80. The van der Waals surface area contributed by atoms with E-state index < -0.39 is 5.82 Å². The van der Waals surface area contributed by atoms with Crippen molar-refractivity contribution < 1.29 is 9.18 Å². The van der Waals surface area contributed by atoms with E-state index in [2.05, 4.69) is 0 Å². The average Bonchev–Trinajstić information content (AvgIpc) is 2.42. The Bertz CT molecular complexity index is 653. The molecule has 1 amide bonds. The predicted molar refractivity (Wildman–Crippen MR) is 80.0 cm³/mol. The standard InChI is InChI=1S/C14H11Cl2FN2O/c1-19(10-4-2-3-9(17)7-10)14(20)8-5-11(15)13(16)12(18)6-8/h2-7H,18H2,1H3. The van der Waals surface area contributed by atoms with Crippen LogP contribution in [0, 0.1) is 5.82 Å². The molecule has 0 spiro atoms. The number of rotatable bonds is 2. The molecule has 20 heavy (non-hydrogen) atoms. The molecule has 0 aliphatic rings. The maximum absolute atomic E-state index is 13.2. The third kappa shape index (κ3) is 2.86. The van der Waals surface area contributed by atoms with Gasteiger partial charge < -0.3 is 10.6 Å². The molecule has 0 aromatic heterocycles. The highest BCUT2D eigenvalue weighted by Gasteiger charge is 2.16. The predicted octanol–water partition coefficient (Wildman–Crippen LogP) is 3.99. The minimum Gasteiger partial charge on any atom is -0.397 e. The van der Waals surface area contributed by atoms with Gasteiger partial charge in [-0.25, -0.2) is 4.39 Å². The lowest BCUT2D eigenvalue weighted by atomic mass is 10.1. The van der Waals surface area contributed by atoms with E-state index in [4.69, 9.17) is 28.9 Å². The number of hydrogen-bond acceptors (Lipinski definition) is 2. The lowest BCUT2D eigenvalue weighted by Crippen LogP contribution is -2.26. The minimum atomic E-state index is -0.421. The van der Waals surface area contributed by atoms with Crippen LogP contribution in [0.15, 0.2) is 36.4 Å². The first-order valence-corrected chi connectivity index (χ1v) is 6.44. The molecule has 0 radical (unpaired) electrons. The Morgan fingerprint density at radius 2 is 1.95 bits per heavy atom. The van der Waals surface area contributed by atoms with Crippen LogP contribution in [-0.4, -0.2) is 13.0 Å². The van der Waals surface area contributed by atoms with Crippen molar-refractivity contribution in [1.82, 2.24) is 0 Å². The summed E-state index contributed by atoms with van der Waals surface area (Å²) in [6, 6.07) is 8.59. The van der Waals surface area contributed by atoms with Gasteiger partial charge in [-0.1, -0.05) is 29.3 Å². The first-order chi connectivity index (χ1) is 9.40. The number of nitrogens with zero attached hydrogens (tertiary/aromatic N) is 1. The van der Waals surface area contributed by atoms with Crippen molar-refractivity contribution in [2.45, 2.75) is 0 Å². The van der Waals surface area contributed by atoms with Crippen molar-refractivity contribution in [1.29, 1.82) is 0 Å². The second kappa shape index (κ2) is 5.69. The second-order valence-electron chi connectivity index (χ2n) is 4.21. The molecule has 6 heteroatoms. The molecule has 0 saturated heterocycles. The second-order valence-corrected chi connectivity index (χ2v) is 4.99. The molecular formula is C14H11Cl2FN2O. The molecule has 2 aromatic carbocycles. The summed E-state index contributed by atoms with van der Waals surface area (Å²) in [5.41, 5.74) is 6.60. The highest BCUT2D eigenvalue weighted by Crippen LogP contribution is 2.30. The zero-order valence-electron chi connectivity index (χ0n) is 10.5. The van der Waals surface area contributed by atoms with Crippen molar-refractivity contribution >= 4 is 40.5 Å². The molecular weight excluding hydrogens is 302 g/mol. The van der Waals surface area contributed by atoms with E-state index in [1.807, 2.05) is 0 Å². The van der Waals surface area contributed by atoms with Crippen molar-refractivity contribution in [3.8, 4) is 0 Å². The molecule has 0 unspecified atom stereocenters. The van der Waals surface area contributed by atoms with Crippen LogP contribution < -0.4 is 10.6 Å². The van der Waals surface area contributed by atoms with Crippen molar-refractivity contribution in [3.05, 3.63) is 57.8 Å². The quantitative estimate of drug-likeness (QED) is 0.852. The minimum absolute atomic E-state index is 0.197. The number of carbonyl (C=O) groups excluding carboxylic acids is 1. The smallest absolute Gasteiger partial charge is 0.258 e. The van der Waals surface area contributed by atoms with Crippen LogP contribution in [0.25, 0.3) is 0 Å². The fourth-order valence-electron chi connectivity index (χ4n) is 1.73. The molecule has 104 valence electrons. The molecule has 0 bridgehead atoms. The van der Waals surface area contributed by atoms with Crippen LogP contribution in [-0.2, 0) is 0 Å². The van der Waals surface area contributed by atoms with E-state index in [1.165, 1.54) is 42.3 Å². The monoisotopic (exact) mass is 312 g/mol. The summed E-state index contributed by atoms with van der Waals surface area (Å²) in [6.07, 6.45) is 0. The van der Waals surface area contributed by atoms with Gasteiger partial charge >= 0.3 is 0 Å². The molecule has 2 rings (SSSR count). The molecule has 0 saturated carbocycles. The summed E-state index contributed by atoms with van der Waals surface area (Å²) < 4.78 is 13.2. The zero-order valence-corrected chi connectivity index (χ0v) is 12.0. The average molecular weight is 313 g/mol. The summed E-state index contributed by atoms with van der Waals surface area (Å²) in [5, 5.41) is 0.402. The fraction of sp³-hybridized carbons (Fsp3) is 0.0714. The lowest BCUT2D eigenvalue weighted by Gasteiger charge is -2.18. The Hall–Kier alpha value is -1.78. The van der Waals surface area contributed by atoms with Gasteiger partial charge in [0.2, 0.25) is 0 Å². The largest absolute Gasteiger partial charge is 0.397 e. The molecule has 0 atom stereocenters. The Morgan fingerprint density at radius 3 is 2.55 bits per heavy atom. The van der Waals surface area contributed by atoms with Crippen LogP contribution >= 0.6 is 23.2 Å². The molecule has 0 fully saturated rings. The number of benzene rings is 2. The van der Waals surface area contributed by atoms with E-state index in [9.17, 15) is 9.18 Å². The highest BCUT2D eigenvalue weighted by atomic mass is 35.5. The van der Waals surface area contributed by atoms with Gasteiger partial charge in [-0.15, -0.1) is 0 Å². The van der Waals surface area contributed by atoms with Gasteiger partial charge in [-0.05, 0) is 30.3 Å². The number of nitrogen functional groups attached to an aromatic ring is 1. The van der Waals surface area contributed by atoms with E-state index in [1.54, 1.807) is 6.07 Å². The summed E-state index contributed by atoms with van der Waals surface area (Å²) in [6.45, 7) is 0. The maximum atomic E-state index is 13.2. The van der Waals surface area contributed by atoms with Crippen LogP contribution in [0.1, 0.15) is 10.4 Å². The normalized spacial score (nSPS) is 10.4. The maximum Gasteiger partial charge on any atom is 0.258 e. The number of halogens is 3. The topological polar surface area (TPSA) is 46.3 Å². The van der Waals surface area contributed by atoms with Gasteiger partial charge in [-0.3, -0.25) is 4.79 Å². The summed E-state index contributed by atoms with van der Waals surface area (Å²) in [7, 11) is 1.54. The zero-order chi connectivity index (χ0) is 14.9. The molecule has 3 nitrogen and oxygen atoms in total. The Kier molecular flexibility index (Phi) is 4.16. The Labute approximate surface area is 125 Å². The molecule has 2 aromatic rings. The lowest BCUT2D eigenvalue weighted by molar-refractivity contribution is 0.0993. The molecule has 0 aliphatic carbocycles. The van der Waals surface area contributed by atoms with Crippen molar-refractivity contribution in [2.24, 2.45) is 0 Å². The first-order valence-electron chi connectivity index (χ1n) is 5.68. The number of nitrogens with two attached hydrogens (primary N) is 1. The van der Waals surface area contributed by atoms with E-state index in [-0.39, 0.29) is 27.2 Å². The molecule has 2 N–H and O–H groups in total. The number of anilines is 2. The molecule has 0 heterocycles. The third-order valence-corrected chi connectivity index (χ3v) is 3.62. The van der Waals surface area contributed by atoms with Gasteiger partial charge in [0.1, 0.15) is 5.82 Å². The van der Waals surface area contributed by atoms with Crippen LogP contribution in [0.5, 0.6) is 0 Å².